The molecular formula is C11H7BrF2O2. The summed E-state index contributed by atoms with van der Waals surface area (Å²) in [6.07, 6.45) is 0.546. The van der Waals surface area contributed by atoms with Crippen LogP contribution in [0.15, 0.2) is 12.1 Å². The molecular weight excluding hydrogens is 282 g/mol. The predicted molar refractivity (Wildman–Crippen MR) is 58.6 cm³/mol. The fourth-order valence-corrected chi connectivity index (χ4v) is 1.26. The first-order chi connectivity index (χ1) is 7.56. The monoisotopic (exact) mass is 288 g/mol. The molecule has 1 rings (SSSR count). The molecule has 0 fully saturated rings. The summed E-state index contributed by atoms with van der Waals surface area (Å²) in [6.45, 7) is 0. The Morgan fingerprint density at radius 3 is 2.38 bits per heavy atom. The standard InChI is InChI=1S/C11H7BrF2O2/c12-4-2-1-3-7-5-8(13)10(11(15)16)9(14)6-7/h5-6H,2,4H2,(H,15,16). The number of carbonyl (C=O) groups is 1. The van der Waals surface area contributed by atoms with Gasteiger partial charge in [0.15, 0.2) is 0 Å². The van der Waals surface area contributed by atoms with Gasteiger partial charge in [-0.3, -0.25) is 0 Å². The Balaban J connectivity index is 3.11. The van der Waals surface area contributed by atoms with Gasteiger partial charge >= 0.3 is 5.97 Å². The molecule has 84 valence electrons. The second-order valence-electron chi connectivity index (χ2n) is 2.86. The second-order valence-corrected chi connectivity index (χ2v) is 3.65. The number of hydrogen-bond donors (Lipinski definition) is 1. The summed E-state index contributed by atoms with van der Waals surface area (Å²) < 4.78 is 26.3. The quantitative estimate of drug-likeness (QED) is 0.671. The summed E-state index contributed by atoms with van der Waals surface area (Å²) in [7, 11) is 0. The van der Waals surface area contributed by atoms with Crippen LogP contribution in [0.5, 0.6) is 0 Å². The first kappa shape index (κ1) is 12.7. The molecule has 0 aromatic heterocycles. The van der Waals surface area contributed by atoms with Crippen molar-refractivity contribution in [1.82, 2.24) is 0 Å². The van der Waals surface area contributed by atoms with Crippen LogP contribution in [0.4, 0.5) is 8.78 Å². The van der Waals surface area contributed by atoms with Gasteiger partial charge in [-0.05, 0) is 12.1 Å². The van der Waals surface area contributed by atoms with E-state index in [1.165, 1.54) is 0 Å². The number of rotatable bonds is 2. The minimum absolute atomic E-state index is 0.126. The highest BCUT2D eigenvalue weighted by molar-refractivity contribution is 9.09. The largest absolute Gasteiger partial charge is 0.477 e. The first-order valence-electron chi connectivity index (χ1n) is 4.33. The van der Waals surface area contributed by atoms with E-state index in [2.05, 4.69) is 27.8 Å². The lowest BCUT2D eigenvalue weighted by Gasteiger charge is -2.00. The zero-order valence-corrected chi connectivity index (χ0v) is 9.64. The highest BCUT2D eigenvalue weighted by Crippen LogP contribution is 2.14. The van der Waals surface area contributed by atoms with Crippen LogP contribution >= 0.6 is 15.9 Å². The number of halogens is 3. The van der Waals surface area contributed by atoms with Crippen LogP contribution in [-0.2, 0) is 0 Å². The van der Waals surface area contributed by atoms with E-state index < -0.39 is 23.2 Å². The van der Waals surface area contributed by atoms with Gasteiger partial charge in [0.05, 0.1) is 0 Å². The maximum Gasteiger partial charge on any atom is 0.341 e. The Labute approximate surface area is 99.4 Å². The molecule has 0 spiro atoms. The normalized spacial score (nSPS) is 9.44. The summed E-state index contributed by atoms with van der Waals surface area (Å²) >= 11 is 3.15. The molecule has 5 heteroatoms. The average Bonchev–Trinajstić information content (AvgIpc) is 2.16. The van der Waals surface area contributed by atoms with Crippen LogP contribution in [0.1, 0.15) is 22.3 Å². The topological polar surface area (TPSA) is 37.3 Å². The molecule has 0 bridgehead atoms. The van der Waals surface area contributed by atoms with Gasteiger partial charge in [-0.25, -0.2) is 13.6 Å². The van der Waals surface area contributed by atoms with Crippen molar-refractivity contribution in [2.24, 2.45) is 0 Å². The molecule has 0 saturated carbocycles. The molecule has 1 aromatic rings. The van der Waals surface area contributed by atoms with Crippen LogP contribution < -0.4 is 0 Å². The summed E-state index contributed by atoms with van der Waals surface area (Å²) in [5, 5.41) is 9.19. The van der Waals surface area contributed by atoms with Gasteiger partial charge in [-0.1, -0.05) is 27.8 Å². The van der Waals surface area contributed by atoms with Crippen molar-refractivity contribution in [3.05, 3.63) is 34.9 Å². The molecule has 0 saturated heterocycles. The van der Waals surface area contributed by atoms with E-state index in [1.54, 1.807) is 0 Å². The zero-order valence-electron chi connectivity index (χ0n) is 8.06. The molecule has 0 radical (unpaired) electrons. The fraction of sp³-hybridized carbons (Fsp3) is 0.182. The Hall–Kier alpha value is -1.41. The van der Waals surface area contributed by atoms with Gasteiger partial charge in [0.2, 0.25) is 0 Å². The summed E-state index contributed by atoms with van der Waals surface area (Å²) in [4.78, 5) is 10.5. The molecule has 0 heterocycles. The molecule has 2 nitrogen and oxygen atoms in total. The lowest BCUT2D eigenvalue weighted by Crippen LogP contribution is -2.05. The minimum atomic E-state index is -1.63. The van der Waals surface area contributed by atoms with Crippen LogP contribution in [0.25, 0.3) is 0 Å². The van der Waals surface area contributed by atoms with Crippen LogP contribution in [0.2, 0.25) is 0 Å². The highest BCUT2D eigenvalue weighted by Gasteiger charge is 2.16. The summed E-state index contributed by atoms with van der Waals surface area (Å²) in [5.74, 6) is 1.36. The van der Waals surface area contributed by atoms with Gasteiger partial charge in [0.25, 0.3) is 0 Å². The third-order valence-electron chi connectivity index (χ3n) is 1.71. The number of alkyl halides is 1. The van der Waals surface area contributed by atoms with Gasteiger partial charge in [0.1, 0.15) is 17.2 Å². The smallest absolute Gasteiger partial charge is 0.341 e. The lowest BCUT2D eigenvalue weighted by atomic mass is 10.1. The molecule has 1 aromatic carbocycles. The third-order valence-corrected chi connectivity index (χ3v) is 2.10. The van der Waals surface area contributed by atoms with E-state index in [1.807, 2.05) is 0 Å². The van der Waals surface area contributed by atoms with Gasteiger partial charge in [0, 0.05) is 17.3 Å². The van der Waals surface area contributed by atoms with Crippen molar-refractivity contribution in [3.8, 4) is 11.8 Å². The molecule has 0 atom stereocenters. The van der Waals surface area contributed by atoms with E-state index in [-0.39, 0.29) is 5.56 Å². The fourth-order valence-electron chi connectivity index (χ4n) is 1.06. The van der Waals surface area contributed by atoms with Crippen molar-refractivity contribution in [3.63, 3.8) is 0 Å². The van der Waals surface area contributed by atoms with E-state index in [0.717, 1.165) is 12.1 Å². The highest BCUT2D eigenvalue weighted by atomic mass is 79.9. The number of carboxylic acids is 1. The summed E-state index contributed by atoms with van der Waals surface area (Å²) in [5.41, 5.74) is -0.827. The molecule has 0 amide bonds. The first-order valence-corrected chi connectivity index (χ1v) is 5.45. The SMILES string of the molecule is O=C(O)c1c(F)cc(C#CCCBr)cc1F. The Bertz CT molecular complexity index is 452. The van der Waals surface area contributed by atoms with E-state index in [9.17, 15) is 13.6 Å². The molecule has 0 aliphatic rings. The van der Waals surface area contributed by atoms with Gasteiger partial charge in [-0.15, -0.1) is 0 Å². The second kappa shape index (κ2) is 5.61. The Morgan fingerprint density at radius 2 is 1.94 bits per heavy atom. The predicted octanol–water partition coefficient (Wildman–Crippen LogP) is 2.80. The van der Waals surface area contributed by atoms with Crippen molar-refractivity contribution in [2.45, 2.75) is 6.42 Å². The summed E-state index contributed by atoms with van der Waals surface area (Å²) in [6, 6.07) is 1.82. The lowest BCUT2D eigenvalue weighted by molar-refractivity contribution is 0.0686. The van der Waals surface area contributed by atoms with E-state index >= 15 is 0 Å². The minimum Gasteiger partial charge on any atom is -0.477 e. The maximum atomic E-state index is 13.2. The Morgan fingerprint density at radius 1 is 1.38 bits per heavy atom. The van der Waals surface area contributed by atoms with Gasteiger partial charge in [-0.2, -0.15) is 0 Å². The molecule has 0 aliphatic heterocycles. The van der Waals surface area contributed by atoms with Crippen molar-refractivity contribution < 1.29 is 18.7 Å². The van der Waals surface area contributed by atoms with Crippen molar-refractivity contribution in [2.75, 3.05) is 5.33 Å². The number of aromatic carboxylic acids is 1. The zero-order chi connectivity index (χ0) is 12.1. The number of benzene rings is 1. The maximum absolute atomic E-state index is 13.2. The number of carboxylic acid groups (broad SMARTS) is 1. The molecule has 0 aliphatic carbocycles. The molecule has 0 unspecified atom stereocenters. The molecule has 1 N–H and O–H groups in total. The number of hydrogen-bond acceptors (Lipinski definition) is 1. The van der Waals surface area contributed by atoms with Crippen LogP contribution in [0.3, 0.4) is 0 Å². The van der Waals surface area contributed by atoms with E-state index in [0.29, 0.717) is 11.8 Å². The third kappa shape index (κ3) is 3.04. The van der Waals surface area contributed by atoms with Crippen molar-refractivity contribution >= 4 is 21.9 Å². The van der Waals surface area contributed by atoms with Crippen LogP contribution in [-0.4, -0.2) is 16.4 Å². The average molecular weight is 289 g/mol. The van der Waals surface area contributed by atoms with Gasteiger partial charge < -0.3 is 5.11 Å². The van der Waals surface area contributed by atoms with Crippen LogP contribution in [0, 0.1) is 23.5 Å². The Kier molecular flexibility index (Phi) is 4.44. The van der Waals surface area contributed by atoms with Crippen molar-refractivity contribution in [1.29, 1.82) is 0 Å². The van der Waals surface area contributed by atoms with E-state index in [4.69, 9.17) is 5.11 Å². The molecule has 16 heavy (non-hydrogen) atoms.